The first-order valence-electron chi connectivity index (χ1n) is 8.83. The minimum Gasteiger partial charge on any atom is -0.323 e. The number of imide groups is 1. The first kappa shape index (κ1) is 17.4. The van der Waals surface area contributed by atoms with Crippen LogP contribution in [0.2, 0.25) is 0 Å². The molecule has 2 fully saturated rings. The van der Waals surface area contributed by atoms with Crippen LogP contribution in [0, 0.1) is 0 Å². The number of anilines is 1. The third kappa shape index (κ3) is 3.23. The molecule has 2 aliphatic rings. The van der Waals surface area contributed by atoms with Gasteiger partial charge in [0.15, 0.2) is 0 Å². The molecule has 1 saturated carbocycles. The zero-order chi connectivity index (χ0) is 18.0. The van der Waals surface area contributed by atoms with Crippen LogP contribution in [0.25, 0.3) is 0 Å². The molecule has 0 radical (unpaired) electrons. The number of carbonyl (C=O) groups excluding carboxylic acids is 3. The Morgan fingerprint density at radius 1 is 1.36 bits per heavy atom. The van der Waals surface area contributed by atoms with Crippen molar-refractivity contribution in [3.63, 3.8) is 0 Å². The molecule has 3 rings (SSSR count). The Kier molecular flexibility index (Phi) is 4.74. The summed E-state index contributed by atoms with van der Waals surface area (Å²) in [5.41, 5.74) is -0.930. The summed E-state index contributed by atoms with van der Waals surface area (Å²) in [6.45, 7) is 3.26. The molecule has 134 valence electrons. The fourth-order valence-electron chi connectivity index (χ4n) is 3.52. The van der Waals surface area contributed by atoms with Crippen molar-refractivity contribution >= 4 is 23.7 Å². The molecule has 1 atom stereocenters. The maximum atomic E-state index is 13.0. The van der Waals surface area contributed by atoms with Gasteiger partial charge in [-0.15, -0.1) is 0 Å². The summed E-state index contributed by atoms with van der Waals surface area (Å²) in [5.74, 6) is -0.0418. The Balaban J connectivity index is 1.81. The maximum absolute atomic E-state index is 13.0. The molecule has 1 saturated heterocycles. The standard InChI is InChI=1S/C18H24N4O3/c1-3-18(2)16(24)21(17(25)20-18)12-15(23)22(13-8-4-5-9-13)14-10-6-7-11-19-14/h6-7,10-11,13H,3-5,8-9,12H2,1-2H3,(H,20,25)/t18-/m1/s1. The van der Waals surface area contributed by atoms with Crippen LogP contribution in [0.15, 0.2) is 24.4 Å². The van der Waals surface area contributed by atoms with E-state index in [0.29, 0.717) is 12.2 Å². The molecule has 0 bridgehead atoms. The van der Waals surface area contributed by atoms with Gasteiger partial charge in [-0.2, -0.15) is 0 Å². The molecule has 2 heterocycles. The van der Waals surface area contributed by atoms with E-state index in [0.717, 1.165) is 30.6 Å². The van der Waals surface area contributed by atoms with Crippen LogP contribution >= 0.6 is 0 Å². The van der Waals surface area contributed by atoms with Crippen LogP contribution in [-0.4, -0.2) is 45.9 Å². The molecule has 0 unspecified atom stereocenters. The molecule has 25 heavy (non-hydrogen) atoms. The Hall–Kier alpha value is -2.44. The Bertz CT molecular complexity index is 672. The molecular formula is C18H24N4O3. The number of aromatic nitrogens is 1. The first-order chi connectivity index (χ1) is 12.0. The van der Waals surface area contributed by atoms with Crippen molar-refractivity contribution < 1.29 is 14.4 Å². The number of rotatable bonds is 5. The third-order valence-electron chi connectivity index (χ3n) is 5.20. The smallest absolute Gasteiger partial charge is 0.323 e. The summed E-state index contributed by atoms with van der Waals surface area (Å²) in [4.78, 5) is 44.7. The molecule has 1 aromatic rings. The molecule has 1 aliphatic heterocycles. The second-order valence-electron chi connectivity index (χ2n) is 6.90. The van der Waals surface area contributed by atoms with Gasteiger partial charge < -0.3 is 5.32 Å². The number of urea groups is 1. The molecule has 4 amide bonds. The number of nitrogens with zero attached hydrogens (tertiary/aromatic N) is 3. The zero-order valence-electron chi connectivity index (χ0n) is 14.7. The third-order valence-corrected chi connectivity index (χ3v) is 5.20. The quantitative estimate of drug-likeness (QED) is 0.829. The predicted molar refractivity (Wildman–Crippen MR) is 92.9 cm³/mol. The molecule has 1 aromatic heterocycles. The van der Waals surface area contributed by atoms with Crippen molar-refractivity contribution in [2.24, 2.45) is 0 Å². The van der Waals surface area contributed by atoms with E-state index >= 15 is 0 Å². The lowest BCUT2D eigenvalue weighted by Crippen LogP contribution is -2.48. The largest absolute Gasteiger partial charge is 0.325 e. The van der Waals surface area contributed by atoms with Crippen molar-refractivity contribution in [1.29, 1.82) is 0 Å². The maximum Gasteiger partial charge on any atom is 0.325 e. The number of amides is 4. The van der Waals surface area contributed by atoms with E-state index in [1.807, 2.05) is 13.0 Å². The average Bonchev–Trinajstić information content (AvgIpc) is 3.20. The van der Waals surface area contributed by atoms with Crippen LogP contribution < -0.4 is 10.2 Å². The second kappa shape index (κ2) is 6.82. The lowest BCUT2D eigenvalue weighted by molar-refractivity contribution is -0.134. The highest BCUT2D eigenvalue weighted by Gasteiger charge is 2.47. The number of pyridine rings is 1. The average molecular weight is 344 g/mol. The van der Waals surface area contributed by atoms with E-state index in [9.17, 15) is 14.4 Å². The minimum atomic E-state index is -0.930. The summed E-state index contributed by atoms with van der Waals surface area (Å²) < 4.78 is 0. The van der Waals surface area contributed by atoms with Crippen LogP contribution in [0.5, 0.6) is 0 Å². The predicted octanol–water partition coefficient (Wildman–Crippen LogP) is 2.08. The Labute approximate surface area is 147 Å². The van der Waals surface area contributed by atoms with E-state index in [1.165, 1.54) is 0 Å². The van der Waals surface area contributed by atoms with Crippen molar-refractivity contribution in [2.75, 3.05) is 11.4 Å². The van der Waals surface area contributed by atoms with Crippen LogP contribution in [-0.2, 0) is 9.59 Å². The summed E-state index contributed by atoms with van der Waals surface area (Å²) in [6.07, 6.45) is 6.09. The lowest BCUT2D eigenvalue weighted by atomic mass is 9.99. The Morgan fingerprint density at radius 3 is 2.64 bits per heavy atom. The summed E-state index contributed by atoms with van der Waals surface area (Å²) in [5, 5.41) is 2.68. The van der Waals surface area contributed by atoms with Crippen LogP contribution in [0.1, 0.15) is 46.0 Å². The van der Waals surface area contributed by atoms with E-state index in [4.69, 9.17) is 0 Å². The van der Waals surface area contributed by atoms with Gasteiger partial charge in [-0.3, -0.25) is 19.4 Å². The number of hydrogen-bond donors (Lipinski definition) is 1. The van der Waals surface area contributed by atoms with E-state index in [-0.39, 0.29) is 24.4 Å². The second-order valence-corrected chi connectivity index (χ2v) is 6.90. The first-order valence-corrected chi connectivity index (χ1v) is 8.83. The van der Waals surface area contributed by atoms with Crippen molar-refractivity contribution in [1.82, 2.24) is 15.2 Å². The fraction of sp³-hybridized carbons (Fsp3) is 0.556. The molecule has 0 aromatic carbocycles. The summed E-state index contributed by atoms with van der Waals surface area (Å²) in [7, 11) is 0. The van der Waals surface area contributed by atoms with Gasteiger partial charge in [-0.05, 0) is 38.3 Å². The molecule has 1 N–H and O–H groups in total. The highest BCUT2D eigenvalue weighted by Crippen LogP contribution is 2.28. The van der Waals surface area contributed by atoms with Gasteiger partial charge in [-0.25, -0.2) is 9.78 Å². The lowest BCUT2D eigenvalue weighted by Gasteiger charge is -2.29. The molecular weight excluding hydrogens is 320 g/mol. The number of hydrogen-bond acceptors (Lipinski definition) is 4. The van der Waals surface area contributed by atoms with Crippen molar-refractivity contribution in [3.05, 3.63) is 24.4 Å². The van der Waals surface area contributed by atoms with Gasteiger partial charge in [0.25, 0.3) is 5.91 Å². The van der Waals surface area contributed by atoms with Gasteiger partial charge in [0.2, 0.25) is 5.91 Å². The monoisotopic (exact) mass is 344 g/mol. The highest BCUT2D eigenvalue weighted by molar-refractivity contribution is 6.10. The zero-order valence-corrected chi connectivity index (χ0v) is 14.7. The van der Waals surface area contributed by atoms with Crippen molar-refractivity contribution in [3.8, 4) is 0 Å². The SMILES string of the molecule is CC[C@@]1(C)NC(=O)N(CC(=O)N(c2ccccn2)C2CCCC2)C1=O. The number of carbonyl (C=O) groups is 3. The summed E-state index contributed by atoms with van der Waals surface area (Å²) >= 11 is 0. The normalized spacial score (nSPS) is 23.8. The van der Waals surface area contributed by atoms with E-state index in [2.05, 4.69) is 10.3 Å². The van der Waals surface area contributed by atoms with E-state index in [1.54, 1.807) is 30.2 Å². The summed E-state index contributed by atoms with van der Waals surface area (Å²) in [6, 6.07) is 4.98. The molecule has 7 heteroatoms. The van der Waals surface area contributed by atoms with Gasteiger partial charge in [0.05, 0.1) is 0 Å². The molecule has 1 aliphatic carbocycles. The van der Waals surface area contributed by atoms with E-state index < -0.39 is 11.6 Å². The molecule has 7 nitrogen and oxygen atoms in total. The van der Waals surface area contributed by atoms with Gasteiger partial charge >= 0.3 is 6.03 Å². The van der Waals surface area contributed by atoms with Crippen LogP contribution in [0.4, 0.5) is 10.6 Å². The van der Waals surface area contributed by atoms with Gasteiger partial charge in [0.1, 0.15) is 17.9 Å². The van der Waals surface area contributed by atoms with Crippen LogP contribution in [0.3, 0.4) is 0 Å². The highest BCUT2D eigenvalue weighted by atomic mass is 16.2. The Morgan fingerprint density at radius 2 is 2.08 bits per heavy atom. The van der Waals surface area contributed by atoms with Crippen molar-refractivity contribution in [2.45, 2.75) is 57.5 Å². The fourth-order valence-corrected chi connectivity index (χ4v) is 3.52. The van der Waals surface area contributed by atoms with Gasteiger partial charge in [0, 0.05) is 12.2 Å². The molecule has 0 spiro atoms. The van der Waals surface area contributed by atoms with Gasteiger partial charge in [-0.1, -0.05) is 25.8 Å². The topological polar surface area (TPSA) is 82.6 Å². The number of nitrogens with one attached hydrogen (secondary N) is 1. The minimum absolute atomic E-state index is 0.0701.